The van der Waals surface area contributed by atoms with Crippen molar-refractivity contribution in [2.24, 2.45) is 0 Å². The van der Waals surface area contributed by atoms with Gasteiger partial charge in [-0.05, 0) is 36.8 Å². The maximum atomic E-state index is 13.1. The van der Waals surface area contributed by atoms with Gasteiger partial charge < -0.3 is 10.1 Å². The number of hydrogen-bond acceptors (Lipinski definition) is 6. The summed E-state index contributed by atoms with van der Waals surface area (Å²) in [5, 5.41) is 7.64. The number of para-hydroxylation sites is 1. The molecule has 0 aliphatic carbocycles. The van der Waals surface area contributed by atoms with Crippen LogP contribution in [0.25, 0.3) is 11.4 Å². The van der Waals surface area contributed by atoms with Crippen LogP contribution in [0.5, 0.6) is 5.75 Å². The minimum atomic E-state index is -0.742. The van der Waals surface area contributed by atoms with Crippen LogP contribution in [0.4, 0.5) is 5.95 Å². The van der Waals surface area contributed by atoms with Crippen molar-refractivity contribution in [2.45, 2.75) is 19.6 Å². The topological polar surface area (TPSA) is 81.9 Å². The SMILES string of the molecule is CC(Oc1ccccc1)C(=O)n1nc(-c2cccnc2)nc1NCc1ccccc1. The smallest absolute Gasteiger partial charge is 0.290 e. The van der Waals surface area contributed by atoms with E-state index >= 15 is 0 Å². The molecule has 7 nitrogen and oxygen atoms in total. The lowest BCUT2D eigenvalue weighted by Gasteiger charge is -2.14. The highest BCUT2D eigenvalue weighted by Crippen LogP contribution is 2.19. The van der Waals surface area contributed by atoms with Gasteiger partial charge in [0, 0.05) is 24.5 Å². The molecule has 0 spiro atoms. The number of nitrogens with one attached hydrogen (secondary N) is 1. The molecule has 1 unspecified atom stereocenters. The molecule has 2 aromatic carbocycles. The Morgan fingerprint density at radius 3 is 2.47 bits per heavy atom. The van der Waals surface area contributed by atoms with Gasteiger partial charge in [0.25, 0.3) is 5.91 Å². The van der Waals surface area contributed by atoms with Crippen LogP contribution in [0.3, 0.4) is 0 Å². The van der Waals surface area contributed by atoms with E-state index in [1.165, 1.54) is 4.68 Å². The number of ether oxygens (including phenoxy) is 1. The molecule has 0 bridgehead atoms. The summed E-state index contributed by atoms with van der Waals surface area (Å²) in [6.07, 6.45) is 2.60. The van der Waals surface area contributed by atoms with Crippen molar-refractivity contribution in [1.82, 2.24) is 19.7 Å². The molecule has 1 atom stereocenters. The van der Waals surface area contributed by atoms with Gasteiger partial charge in [-0.2, -0.15) is 9.67 Å². The summed E-state index contributed by atoms with van der Waals surface area (Å²) >= 11 is 0. The van der Waals surface area contributed by atoms with Gasteiger partial charge in [-0.25, -0.2) is 0 Å². The van der Waals surface area contributed by atoms with Crippen LogP contribution in [0.15, 0.2) is 85.2 Å². The van der Waals surface area contributed by atoms with Crippen molar-refractivity contribution in [3.8, 4) is 17.1 Å². The molecule has 150 valence electrons. The van der Waals surface area contributed by atoms with Gasteiger partial charge in [0.2, 0.25) is 5.95 Å². The van der Waals surface area contributed by atoms with E-state index in [-0.39, 0.29) is 5.91 Å². The first-order valence-corrected chi connectivity index (χ1v) is 9.62. The Labute approximate surface area is 174 Å². The first-order valence-electron chi connectivity index (χ1n) is 9.62. The molecule has 0 aliphatic rings. The number of anilines is 1. The Balaban J connectivity index is 1.60. The zero-order valence-corrected chi connectivity index (χ0v) is 16.5. The molecule has 0 fully saturated rings. The van der Waals surface area contributed by atoms with Gasteiger partial charge in [0.15, 0.2) is 11.9 Å². The summed E-state index contributed by atoms with van der Waals surface area (Å²) in [4.78, 5) is 21.7. The number of benzene rings is 2. The Hall–Kier alpha value is -4.00. The fraction of sp³-hybridized carbons (Fsp3) is 0.130. The maximum absolute atomic E-state index is 13.1. The zero-order chi connectivity index (χ0) is 20.8. The van der Waals surface area contributed by atoms with Crippen LogP contribution >= 0.6 is 0 Å². The summed E-state index contributed by atoms with van der Waals surface area (Å²) in [6.45, 7) is 2.20. The van der Waals surface area contributed by atoms with E-state index < -0.39 is 6.10 Å². The molecule has 0 saturated heterocycles. The second kappa shape index (κ2) is 9.00. The normalized spacial score (nSPS) is 11.6. The number of nitrogens with zero attached hydrogens (tertiary/aromatic N) is 4. The van der Waals surface area contributed by atoms with Gasteiger partial charge >= 0.3 is 0 Å². The number of carbonyl (C=O) groups is 1. The third-order valence-corrected chi connectivity index (χ3v) is 4.43. The number of carbonyl (C=O) groups excluding carboxylic acids is 1. The lowest BCUT2D eigenvalue weighted by atomic mass is 10.2. The van der Waals surface area contributed by atoms with Crippen molar-refractivity contribution in [3.05, 3.63) is 90.8 Å². The average molecular weight is 399 g/mol. The molecule has 1 N–H and O–H groups in total. The predicted molar refractivity (Wildman–Crippen MR) is 114 cm³/mol. The Morgan fingerprint density at radius 1 is 1.03 bits per heavy atom. The molecule has 0 saturated carbocycles. The van der Waals surface area contributed by atoms with Crippen molar-refractivity contribution in [3.63, 3.8) is 0 Å². The quantitative estimate of drug-likeness (QED) is 0.505. The molecule has 30 heavy (non-hydrogen) atoms. The Morgan fingerprint density at radius 2 is 1.77 bits per heavy atom. The summed E-state index contributed by atoms with van der Waals surface area (Å²) < 4.78 is 7.05. The molecule has 2 aromatic heterocycles. The van der Waals surface area contributed by atoms with Gasteiger partial charge in [0.05, 0.1) is 0 Å². The molecular weight excluding hydrogens is 378 g/mol. The van der Waals surface area contributed by atoms with E-state index in [1.807, 2.05) is 54.6 Å². The Kier molecular flexibility index (Phi) is 5.80. The summed E-state index contributed by atoms with van der Waals surface area (Å²) in [5.41, 5.74) is 1.79. The van der Waals surface area contributed by atoms with Gasteiger partial charge in [-0.3, -0.25) is 9.78 Å². The lowest BCUT2D eigenvalue weighted by Crippen LogP contribution is -2.31. The molecule has 4 aromatic rings. The van der Waals surface area contributed by atoms with E-state index in [2.05, 4.69) is 20.4 Å². The van der Waals surface area contributed by atoms with Crippen molar-refractivity contribution < 1.29 is 9.53 Å². The second-order valence-electron chi connectivity index (χ2n) is 6.66. The predicted octanol–water partition coefficient (Wildman–Crippen LogP) is 4.06. The largest absolute Gasteiger partial charge is 0.481 e. The fourth-order valence-corrected chi connectivity index (χ4v) is 2.90. The molecule has 2 heterocycles. The van der Waals surface area contributed by atoms with Crippen LogP contribution in [-0.2, 0) is 6.54 Å². The number of rotatable bonds is 7. The molecule has 0 aliphatic heterocycles. The van der Waals surface area contributed by atoms with Crippen LogP contribution in [0.1, 0.15) is 17.3 Å². The lowest BCUT2D eigenvalue weighted by molar-refractivity contribution is 0.0713. The Bertz CT molecular complexity index is 1100. The minimum Gasteiger partial charge on any atom is -0.481 e. The zero-order valence-electron chi connectivity index (χ0n) is 16.5. The third kappa shape index (κ3) is 4.52. The summed E-state index contributed by atoms with van der Waals surface area (Å²) in [6, 6.07) is 22.7. The number of pyridine rings is 1. The van der Waals surface area contributed by atoms with Gasteiger partial charge in [-0.1, -0.05) is 48.5 Å². The fourth-order valence-electron chi connectivity index (χ4n) is 2.90. The highest BCUT2D eigenvalue weighted by Gasteiger charge is 2.23. The highest BCUT2D eigenvalue weighted by atomic mass is 16.5. The standard InChI is InChI=1S/C23H21N5O2/c1-17(30-20-12-6-3-7-13-20)22(29)28-23(25-15-18-9-4-2-5-10-18)26-21(27-28)19-11-8-14-24-16-19/h2-14,16-17H,15H2,1H3,(H,25,26,27). The number of aromatic nitrogens is 4. The molecular formula is C23H21N5O2. The minimum absolute atomic E-state index is 0.322. The second-order valence-corrected chi connectivity index (χ2v) is 6.66. The first-order chi connectivity index (χ1) is 14.7. The van der Waals surface area contributed by atoms with Crippen molar-refractivity contribution >= 4 is 11.9 Å². The van der Waals surface area contributed by atoms with E-state index in [4.69, 9.17) is 4.74 Å². The van der Waals surface area contributed by atoms with E-state index in [0.29, 0.717) is 24.1 Å². The summed E-state index contributed by atoms with van der Waals surface area (Å²) in [7, 11) is 0. The van der Waals surface area contributed by atoms with E-state index in [0.717, 1.165) is 11.1 Å². The van der Waals surface area contributed by atoms with Crippen LogP contribution in [-0.4, -0.2) is 31.8 Å². The van der Waals surface area contributed by atoms with Gasteiger partial charge in [-0.15, -0.1) is 5.10 Å². The number of hydrogen-bond donors (Lipinski definition) is 1. The molecule has 4 rings (SSSR count). The third-order valence-electron chi connectivity index (χ3n) is 4.43. The van der Waals surface area contributed by atoms with Crippen molar-refractivity contribution in [1.29, 1.82) is 0 Å². The van der Waals surface area contributed by atoms with E-state index in [1.54, 1.807) is 37.5 Å². The monoisotopic (exact) mass is 399 g/mol. The van der Waals surface area contributed by atoms with Crippen LogP contribution in [0, 0.1) is 0 Å². The molecule has 0 amide bonds. The van der Waals surface area contributed by atoms with Crippen molar-refractivity contribution in [2.75, 3.05) is 5.32 Å². The van der Waals surface area contributed by atoms with Crippen LogP contribution in [0.2, 0.25) is 0 Å². The first kappa shape index (κ1) is 19.3. The van der Waals surface area contributed by atoms with Gasteiger partial charge in [0.1, 0.15) is 5.75 Å². The average Bonchev–Trinajstić information content (AvgIpc) is 3.23. The molecule has 7 heteroatoms. The highest BCUT2D eigenvalue weighted by molar-refractivity contribution is 5.85. The maximum Gasteiger partial charge on any atom is 0.290 e. The van der Waals surface area contributed by atoms with E-state index in [9.17, 15) is 4.79 Å². The molecule has 0 radical (unpaired) electrons. The van der Waals surface area contributed by atoms with Crippen LogP contribution < -0.4 is 10.1 Å². The summed E-state index contributed by atoms with van der Waals surface area (Å²) in [5.74, 6) is 1.06.